The highest BCUT2D eigenvalue weighted by Crippen LogP contribution is 2.26. The second-order valence-electron chi connectivity index (χ2n) is 6.38. The van der Waals surface area contributed by atoms with Crippen molar-refractivity contribution in [2.45, 2.75) is 12.6 Å². The van der Waals surface area contributed by atoms with E-state index in [1.54, 1.807) is 13.2 Å². The molecule has 3 aromatic rings. The van der Waals surface area contributed by atoms with Crippen molar-refractivity contribution < 1.29 is 14.3 Å². The fraction of sp³-hybridized carbons (Fsp3) is 0.182. The van der Waals surface area contributed by atoms with Gasteiger partial charge in [-0.25, -0.2) is 4.99 Å². The van der Waals surface area contributed by atoms with Gasteiger partial charge in [-0.15, -0.1) is 0 Å². The van der Waals surface area contributed by atoms with Gasteiger partial charge >= 0.3 is 0 Å². The molecule has 1 aliphatic heterocycles. The molecule has 0 saturated heterocycles. The third-order valence-corrected chi connectivity index (χ3v) is 4.67. The van der Waals surface area contributed by atoms with E-state index in [0.29, 0.717) is 24.6 Å². The van der Waals surface area contributed by atoms with Crippen LogP contribution in [0, 0.1) is 0 Å². The van der Waals surface area contributed by atoms with E-state index in [9.17, 15) is 4.79 Å². The number of benzene rings is 2. The van der Waals surface area contributed by atoms with Crippen LogP contribution in [0.25, 0.3) is 0 Å². The second-order valence-corrected chi connectivity index (χ2v) is 6.38. The molecule has 5 heteroatoms. The number of rotatable bonds is 6. The van der Waals surface area contributed by atoms with E-state index in [1.165, 1.54) is 0 Å². The largest absolute Gasteiger partial charge is 0.496 e. The molecular formula is C22H20N2O3. The van der Waals surface area contributed by atoms with Crippen LogP contribution < -0.4 is 4.74 Å². The standard InChI is InChI=1S/C22H20N2O3/c1-26-21-10-9-16(14-25)12-18(21)13-24-11-5-8-20(24)22-23-19(15-27-22)17-6-3-2-4-7-17/h2-12,14,19H,13,15H2,1H3/t19-/m1/s1. The van der Waals surface area contributed by atoms with Gasteiger partial charge in [0, 0.05) is 17.3 Å². The molecule has 136 valence electrons. The number of ether oxygens (including phenoxy) is 2. The van der Waals surface area contributed by atoms with Crippen LogP contribution in [0.4, 0.5) is 0 Å². The summed E-state index contributed by atoms with van der Waals surface area (Å²) in [5.74, 6) is 1.39. The number of carbonyl (C=O) groups is 1. The first-order valence-electron chi connectivity index (χ1n) is 8.81. The lowest BCUT2D eigenvalue weighted by Gasteiger charge is -2.13. The molecule has 0 amide bonds. The SMILES string of the molecule is COc1ccc(C=O)cc1Cn1cccc1C1=N[C@@H](c2ccccc2)CO1. The van der Waals surface area contributed by atoms with Gasteiger partial charge in [-0.3, -0.25) is 4.79 Å². The predicted octanol–water partition coefficient (Wildman–Crippen LogP) is 3.88. The maximum absolute atomic E-state index is 11.1. The number of hydrogen-bond acceptors (Lipinski definition) is 4. The molecule has 0 unspecified atom stereocenters. The Morgan fingerprint density at radius 1 is 1.19 bits per heavy atom. The van der Waals surface area contributed by atoms with Crippen molar-refractivity contribution in [3.8, 4) is 5.75 Å². The summed E-state index contributed by atoms with van der Waals surface area (Å²) in [6, 6.07) is 19.5. The van der Waals surface area contributed by atoms with E-state index in [-0.39, 0.29) is 6.04 Å². The Balaban J connectivity index is 1.62. The average molecular weight is 360 g/mol. The zero-order chi connectivity index (χ0) is 18.6. The number of aldehydes is 1. The molecule has 1 aliphatic rings. The Labute approximate surface area is 157 Å². The lowest BCUT2D eigenvalue weighted by Crippen LogP contribution is -2.11. The average Bonchev–Trinajstić information content (AvgIpc) is 3.38. The van der Waals surface area contributed by atoms with Gasteiger partial charge in [0.2, 0.25) is 5.90 Å². The fourth-order valence-electron chi connectivity index (χ4n) is 3.28. The van der Waals surface area contributed by atoms with Crippen molar-refractivity contribution in [3.63, 3.8) is 0 Å². The van der Waals surface area contributed by atoms with Gasteiger partial charge in [-0.05, 0) is 35.9 Å². The molecule has 0 bridgehead atoms. The van der Waals surface area contributed by atoms with Gasteiger partial charge in [0.1, 0.15) is 30.4 Å². The molecule has 0 aliphatic carbocycles. The highest BCUT2D eigenvalue weighted by atomic mass is 16.5. The number of methoxy groups -OCH3 is 1. The van der Waals surface area contributed by atoms with E-state index in [0.717, 1.165) is 28.9 Å². The van der Waals surface area contributed by atoms with E-state index in [2.05, 4.69) is 16.7 Å². The van der Waals surface area contributed by atoms with E-state index >= 15 is 0 Å². The van der Waals surface area contributed by atoms with Gasteiger partial charge in [0.15, 0.2) is 0 Å². The molecule has 1 aromatic heterocycles. The molecule has 0 fully saturated rings. The number of hydrogen-bond donors (Lipinski definition) is 0. The third-order valence-electron chi connectivity index (χ3n) is 4.67. The molecule has 0 N–H and O–H groups in total. The molecule has 1 atom stereocenters. The van der Waals surface area contributed by atoms with Crippen molar-refractivity contribution >= 4 is 12.2 Å². The first-order valence-corrected chi connectivity index (χ1v) is 8.81. The number of nitrogens with zero attached hydrogens (tertiary/aromatic N) is 2. The van der Waals surface area contributed by atoms with E-state index < -0.39 is 0 Å². The summed E-state index contributed by atoms with van der Waals surface area (Å²) in [4.78, 5) is 15.9. The normalized spacial score (nSPS) is 15.9. The Morgan fingerprint density at radius 2 is 2.04 bits per heavy atom. The minimum atomic E-state index is 0.0116. The number of carbonyl (C=O) groups excluding carboxylic acids is 1. The summed E-state index contributed by atoms with van der Waals surface area (Å²) in [7, 11) is 1.63. The Hall–Kier alpha value is -3.34. The van der Waals surface area contributed by atoms with Crippen LogP contribution in [0.1, 0.15) is 33.2 Å². The van der Waals surface area contributed by atoms with E-state index in [4.69, 9.17) is 14.5 Å². The molecule has 2 aromatic carbocycles. The quantitative estimate of drug-likeness (QED) is 0.627. The molecule has 27 heavy (non-hydrogen) atoms. The van der Waals surface area contributed by atoms with Crippen LogP contribution in [0.3, 0.4) is 0 Å². The smallest absolute Gasteiger partial charge is 0.234 e. The maximum atomic E-state index is 11.1. The Bertz CT molecular complexity index is 976. The van der Waals surface area contributed by atoms with Gasteiger partial charge in [-0.1, -0.05) is 30.3 Å². The molecule has 4 rings (SSSR count). The summed E-state index contributed by atoms with van der Waals surface area (Å²) in [5.41, 5.74) is 3.61. The monoisotopic (exact) mass is 360 g/mol. The predicted molar refractivity (Wildman–Crippen MR) is 104 cm³/mol. The number of aliphatic imine (C=N–C) groups is 1. The van der Waals surface area contributed by atoms with Crippen molar-refractivity contribution in [3.05, 3.63) is 89.2 Å². The van der Waals surface area contributed by atoms with Crippen molar-refractivity contribution in [1.29, 1.82) is 0 Å². The molecular weight excluding hydrogens is 340 g/mol. The maximum Gasteiger partial charge on any atom is 0.234 e. The fourth-order valence-corrected chi connectivity index (χ4v) is 3.28. The molecule has 2 heterocycles. The highest BCUT2D eigenvalue weighted by Gasteiger charge is 2.23. The van der Waals surface area contributed by atoms with Crippen LogP contribution in [0.5, 0.6) is 5.75 Å². The van der Waals surface area contributed by atoms with Gasteiger partial charge < -0.3 is 14.0 Å². The molecule has 0 saturated carbocycles. The van der Waals surface area contributed by atoms with Gasteiger partial charge in [0.05, 0.1) is 13.7 Å². The van der Waals surface area contributed by atoms with Crippen molar-refractivity contribution in [1.82, 2.24) is 4.57 Å². The Morgan fingerprint density at radius 3 is 2.81 bits per heavy atom. The summed E-state index contributed by atoms with van der Waals surface area (Å²) < 4.78 is 13.4. The van der Waals surface area contributed by atoms with E-state index in [1.807, 2.05) is 48.7 Å². The first kappa shape index (κ1) is 17.1. The van der Waals surface area contributed by atoms with Crippen LogP contribution in [-0.2, 0) is 11.3 Å². The van der Waals surface area contributed by atoms with Crippen LogP contribution >= 0.6 is 0 Å². The Kier molecular flexibility index (Phi) is 4.75. The minimum absolute atomic E-state index is 0.0116. The van der Waals surface area contributed by atoms with Crippen molar-refractivity contribution in [2.24, 2.45) is 4.99 Å². The molecule has 0 radical (unpaired) electrons. The van der Waals surface area contributed by atoms with Crippen LogP contribution in [0.2, 0.25) is 0 Å². The summed E-state index contributed by atoms with van der Waals surface area (Å²) in [6.07, 6.45) is 2.82. The summed E-state index contributed by atoms with van der Waals surface area (Å²) in [5, 5.41) is 0. The lowest BCUT2D eigenvalue weighted by atomic mass is 10.1. The zero-order valence-corrected chi connectivity index (χ0v) is 15.0. The molecule has 0 spiro atoms. The topological polar surface area (TPSA) is 52.8 Å². The van der Waals surface area contributed by atoms with Gasteiger partial charge in [0.25, 0.3) is 0 Å². The zero-order valence-electron chi connectivity index (χ0n) is 15.0. The first-order chi connectivity index (χ1) is 13.3. The lowest BCUT2D eigenvalue weighted by molar-refractivity contribution is 0.112. The number of aromatic nitrogens is 1. The third kappa shape index (κ3) is 3.49. The van der Waals surface area contributed by atoms with Gasteiger partial charge in [-0.2, -0.15) is 0 Å². The van der Waals surface area contributed by atoms with Crippen molar-refractivity contribution in [2.75, 3.05) is 13.7 Å². The van der Waals surface area contributed by atoms with Crippen LogP contribution in [0.15, 0.2) is 71.9 Å². The summed E-state index contributed by atoms with van der Waals surface area (Å²) >= 11 is 0. The summed E-state index contributed by atoms with van der Waals surface area (Å²) in [6.45, 7) is 1.10. The highest BCUT2D eigenvalue weighted by molar-refractivity contribution is 5.93. The second kappa shape index (κ2) is 7.50. The van der Waals surface area contributed by atoms with Crippen LogP contribution in [-0.4, -0.2) is 30.5 Å². The minimum Gasteiger partial charge on any atom is -0.496 e. The molecule has 5 nitrogen and oxygen atoms in total.